The standard InChI is InChI=1S/C18H22ClNO/c1-21-11-10-20-14-17(12-15-6-3-2-4-7-15)16-8-5-9-18(19)13-16/h2-9,13,17,20H,10-12,14H2,1H3. The first kappa shape index (κ1) is 16.0. The topological polar surface area (TPSA) is 21.3 Å². The number of hydrogen-bond acceptors (Lipinski definition) is 2. The van der Waals surface area contributed by atoms with Gasteiger partial charge in [-0.3, -0.25) is 0 Å². The molecule has 0 amide bonds. The fraction of sp³-hybridized carbons (Fsp3) is 0.333. The van der Waals surface area contributed by atoms with Gasteiger partial charge in [0.25, 0.3) is 0 Å². The molecule has 0 bridgehead atoms. The van der Waals surface area contributed by atoms with Crippen LogP contribution in [0.25, 0.3) is 0 Å². The highest BCUT2D eigenvalue weighted by molar-refractivity contribution is 6.30. The normalized spacial score (nSPS) is 12.3. The van der Waals surface area contributed by atoms with Crippen molar-refractivity contribution in [2.75, 3.05) is 26.8 Å². The van der Waals surface area contributed by atoms with Crippen LogP contribution < -0.4 is 5.32 Å². The van der Waals surface area contributed by atoms with Gasteiger partial charge in [-0.2, -0.15) is 0 Å². The van der Waals surface area contributed by atoms with Crippen molar-refractivity contribution in [3.8, 4) is 0 Å². The van der Waals surface area contributed by atoms with Crippen LogP contribution in [0.3, 0.4) is 0 Å². The van der Waals surface area contributed by atoms with Gasteiger partial charge < -0.3 is 10.1 Å². The molecular weight excluding hydrogens is 282 g/mol. The average Bonchev–Trinajstić information content (AvgIpc) is 2.51. The van der Waals surface area contributed by atoms with Crippen molar-refractivity contribution in [1.82, 2.24) is 5.32 Å². The summed E-state index contributed by atoms with van der Waals surface area (Å²) in [5.41, 5.74) is 2.62. The molecule has 2 rings (SSSR count). The number of ether oxygens (including phenoxy) is 1. The second-order valence-corrected chi connectivity index (χ2v) is 5.58. The van der Waals surface area contributed by atoms with Gasteiger partial charge in [-0.15, -0.1) is 0 Å². The quantitative estimate of drug-likeness (QED) is 0.747. The highest BCUT2D eigenvalue weighted by Crippen LogP contribution is 2.23. The lowest BCUT2D eigenvalue weighted by molar-refractivity contribution is 0.199. The largest absolute Gasteiger partial charge is 0.383 e. The number of rotatable bonds is 8. The summed E-state index contributed by atoms with van der Waals surface area (Å²) in [6, 6.07) is 18.7. The van der Waals surface area contributed by atoms with E-state index < -0.39 is 0 Å². The molecule has 2 aromatic rings. The minimum atomic E-state index is 0.406. The summed E-state index contributed by atoms with van der Waals surface area (Å²) in [6.07, 6.45) is 1.00. The van der Waals surface area contributed by atoms with E-state index in [2.05, 4.69) is 47.8 Å². The van der Waals surface area contributed by atoms with E-state index in [9.17, 15) is 0 Å². The van der Waals surface area contributed by atoms with Crippen LogP contribution >= 0.6 is 11.6 Å². The van der Waals surface area contributed by atoms with Crippen LogP contribution in [0.4, 0.5) is 0 Å². The Balaban J connectivity index is 2.06. The van der Waals surface area contributed by atoms with Gasteiger partial charge in [-0.25, -0.2) is 0 Å². The van der Waals surface area contributed by atoms with Crippen molar-refractivity contribution in [3.05, 3.63) is 70.7 Å². The van der Waals surface area contributed by atoms with Crippen LogP contribution in [0.5, 0.6) is 0 Å². The molecule has 0 saturated carbocycles. The Morgan fingerprint density at radius 1 is 1.10 bits per heavy atom. The predicted molar refractivity (Wildman–Crippen MR) is 89.1 cm³/mol. The lowest BCUT2D eigenvalue weighted by atomic mass is 9.92. The number of methoxy groups -OCH3 is 1. The molecule has 0 heterocycles. The zero-order valence-corrected chi connectivity index (χ0v) is 13.1. The first-order valence-corrected chi connectivity index (χ1v) is 7.66. The molecule has 0 fully saturated rings. The maximum Gasteiger partial charge on any atom is 0.0587 e. The van der Waals surface area contributed by atoms with Gasteiger partial charge in [-0.05, 0) is 29.7 Å². The molecule has 0 saturated heterocycles. The summed E-state index contributed by atoms with van der Waals surface area (Å²) in [5.74, 6) is 0.406. The highest BCUT2D eigenvalue weighted by Gasteiger charge is 2.12. The number of nitrogens with one attached hydrogen (secondary N) is 1. The Bertz CT molecular complexity index is 530. The summed E-state index contributed by atoms with van der Waals surface area (Å²) in [4.78, 5) is 0. The fourth-order valence-electron chi connectivity index (χ4n) is 2.42. The maximum absolute atomic E-state index is 6.14. The van der Waals surface area contributed by atoms with Gasteiger partial charge in [-0.1, -0.05) is 54.1 Å². The van der Waals surface area contributed by atoms with Crippen LogP contribution in [0.1, 0.15) is 17.0 Å². The van der Waals surface area contributed by atoms with E-state index in [1.807, 2.05) is 12.1 Å². The van der Waals surface area contributed by atoms with Crippen molar-refractivity contribution in [2.45, 2.75) is 12.3 Å². The SMILES string of the molecule is COCCNCC(Cc1ccccc1)c1cccc(Cl)c1. The molecule has 112 valence electrons. The molecule has 0 aliphatic heterocycles. The molecule has 0 radical (unpaired) electrons. The Morgan fingerprint density at radius 3 is 2.62 bits per heavy atom. The monoisotopic (exact) mass is 303 g/mol. The molecule has 1 N–H and O–H groups in total. The lowest BCUT2D eigenvalue weighted by Crippen LogP contribution is -2.26. The predicted octanol–water partition coefficient (Wildman–Crippen LogP) is 3.90. The van der Waals surface area contributed by atoms with Crippen LogP contribution in [0.2, 0.25) is 5.02 Å². The summed E-state index contributed by atoms with van der Waals surface area (Å²) in [6.45, 7) is 2.51. The van der Waals surface area contributed by atoms with E-state index >= 15 is 0 Å². The molecule has 1 unspecified atom stereocenters. The smallest absolute Gasteiger partial charge is 0.0587 e. The highest BCUT2D eigenvalue weighted by atomic mass is 35.5. The van der Waals surface area contributed by atoms with Crippen molar-refractivity contribution < 1.29 is 4.74 Å². The molecule has 0 spiro atoms. The van der Waals surface area contributed by atoms with Gasteiger partial charge in [0.2, 0.25) is 0 Å². The molecule has 0 aromatic heterocycles. The molecule has 1 atom stereocenters. The molecule has 3 heteroatoms. The van der Waals surface area contributed by atoms with Crippen LogP contribution in [0, 0.1) is 0 Å². The van der Waals surface area contributed by atoms with Crippen LogP contribution in [-0.4, -0.2) is 26.8 Å². The lowest BCUT2D eigenvalue weighted by Gasteiger charge is -2.19. The molecule has 0 aliphatic carbocycles. The fourth-order valence-corrected chi connectivity index (χ4v) is 2.62. The molecule has 21 heavy (non-hydrogen) atoms. The minimum absolute atomic E-state index is 0.406. The molecular formula is C18H22ClNO. The van der Waals surface area contributed by atoms with E-state index in [1.54, 1.807) is 7.11 Å². The van der Waals surface area contributed by atoms with Crippen LogP contribution in [-0.2, 0) is 11.2 Å². The first-order valence-electron chi connectivity index (χ1n) is 7.28. The van der Waals surface area contributed by atoms with Crippen molar-refractivity contribution >= 4 is 11.6 Å². The average molecular weight is 304 g/mol. The van der Waals surface area contributed by atoms with Gasteiger partial charge in [0, 0.05) is 31.1 Å². The van der Waals surface area contributed by atoms with Crippen molar-refractivity contribution in [2.24, 2.45) is 0 Å². The summed E-state index contributed by atoms with van der Waals surface area (Å²) < 4.78 is 5.08. The second kappa shape index (κ2) is 8.83. The second-order valence-electron chi connectivity index (χ2n) is 5.14. The Kier molecular flexibility index (Phi) is 6.74. The third kappa shape index (κ3) is 5.50. The molecule has 0 aliphatic rings. The molecule has 2 nitrogen and oxygen atoms in total. The number of hydrogen-bond donors (Lipinski definition) is 1. The van der Waals surface area contributed by atoms with Crippen molar-refractivity contribution in [3.63, 3.8) is 0 Å². The summed E-state index contributed by atoms with van der Waals surface area (Å²) in [5, 5.41) is 4.25. The van der Waals surface area contributed by atoms with E-state index in [-0.39, 0.29) is 0 Å². The van der Waals surface area contributed by atoms with Gasteiger partial charge in [0.05, 0.1) is 6.61 Å². The first-order chi connectivity index (χ1) is 10.3. The van der Waals surface area contributed by atoms with Gasteiger partial charge in [0.1, 0.15) is 0 Å². The Labute approximate surface area is 132 Å². The van der Waals surface area contributed by atoms with E-state index in [0.717, 1.165) is 31.1 Å². The van der Waals surface area contributed by atoms with Gasteiger partial charge >= 0.3 is 0 Å². The Hall–Kier alpha value is -1.35. The summed E-state index contributed by atoms with van der Waals surface area (Å²) >= 11 is 6.14. The zero-order valence-electron chi connectivity index (χ0n) is 12.4. The Morgan fingerprint density at radius 2 is 1.90 bits per heavy atom. The van der Waals surface area contributed by atoms with Gasteiger partial charge in [0.15, 0.2) is 0 Å². The summed E-state index contributed by atoms with van der Waals surface area (Å²) in [7, 11) is 1.72. The van der Waals surface area contributed by atoms with Crippen molar-refractivity contribution in [1.29, 1.82) is 0 Å². The third-order valence-corrected chi connectivity index (χ3v) is 3.75. The van der Waals surface area contributed by atoms with Crippen LogP contribution in [0.15, 0.2) is 54.6 Å². The number of halogens is 1. The number of benzene rings is 2. The third-order valence-electron chi connectivity index (χ3n) is 3.52. The molecule has 2 aromatic carbocycles. The maximum atomic E-state index is 6.14. The van der Waals surface area contributed by atoms with E-state index in [4.69, 9.17) is 16.3 Å². The van der Waals surface area contributed by atoms with E-state index in [0.29, 0.717) is 5.92 Å². The zero-order chi connectivity index (χ0) is 14.9. The minimum Gasteiger partial charge on any atom is -0.383 e. The van der Waals surface area contributed by atoms with E-state index in [1.165, 1.54) is 11.1 Å².